The van der Waals surface area contributed by atoms with Gasteiger partial charge in [-0.25, -0.2) is 0 Å². The van der Waals surface area contributed by atoms with E-state index in [1.165, 1.54) is 6.07 Å². The van der Waals surface area contributed by atoms with Crippen LogP contribution in [-0.2, 0) is 10.9 Å². The number of hydrogen-bond acceptors (Lipinski definition) is 4. The van der Waals surface area contributed by atoms with E-state index in [2.05, 4.69) is 4.90 Å². The summed E-state index contributed by atoms with van der Waals surface area (Å²) in [4.78, 5) is 4.31. The molecule has 2 aliphatic rings. The van der Waals surface area contributed by atoms with Crippen LogP contribution in [0.4, 0.5) is 18.9 Å². The number of alkyl halides is 3. The second kappa shape index (κ2) is 7.63. The summed E-state index contributed by atoms with van der Waals surface area (Å²) in [5, 5.41) is 8.96. The van der Waals surface area contributed by atoms with Gasteiger partial charge in [-0.2, -0.15) is 18.4 Å². The Morgan fingerprint density at radius 3 is 2.56 bits per heavy atom. The maximum atomic E-state index is 13.2. The lowest BCUT2D eigenvalue weighted by Crippen LogP contribution is -2.42. The lowest BCUT2D eigenvalue weighted by Gasteiger charge is -2.31. The van der Waals surface area contributed by atoms with Crippen molar-refractivity contribution in [3.8, 4) is 6.07 Å². The first kappa shape index (κ1) is 18.0. The number of hydrogen-bond donors (Lipinski definition) is 0. The third-order valence-corrected chi connectivity index (χ3v) is 4.76. The molecule has 4 nitrogen and oxygen atoms in total. The van der Waals surface area contributed by atoms with Gasteiger partial charge in [-0.3, -0.25) is 4.90 Å². The molecule has 1 aliphatic heterocycles. The maximum absolute atomic E-state index is 13.2. The van der Waals surface area contributed by atoms with Crippen molar-refractivity contribution in [1.82, 2.24) is 4.90 Å². The van der Waals surface area contributed by atoms with Crippen LogP contribution in [-0.4, -0.2) is 50.8 Å². The molecule has 1 heterocycles. The standard InChI is InChI=1S/C18H22F3N3O/c19-18(20,21)17-11-16(4-3-15(17)12-22)24(13-14-1-2-14)6-5-23-7-9-25-10-8-23/h3-4,11,14H,1-2,5-10,13H2. The fraction of sp³-hybridized carbons (Fsp3) is 0.611. The second-order valence-corrected chi connectivity index (χ2v) is 6.68. The van der Waals surface area contributed by atoms with E-state index in [9.17, 15) is 13.2 Å². The smallest absolute Gasteiger partial charge is 0.379 e. The lowest BCUT2D eigenvalue weighted by atomic mass is 10.1. The Balaban J connectivity index is 1.76. The molecule has 1 aromatic rings. The fourth-order valence-electron chi connectivity index (χ4n) is 3.09. The minimum absolute atomic E-state index is 0.323. The van der Waals surface area contributed by atoms with Gasteiger partial charge in [0.05, 0.1) is 30.4 Å². The van der Waals surface area contributed by atoms with E-state index in [-0.39, 0.29) is 5.56 Å². The quantitative estimate of drug-likeness (QED) is 0.788. The predicted octanol–water partition coefficient (Wildman–Crippen LogP) is 3.13. The van der Waals surface area contributed by atoms with Crippen LogP contribution >= 0.6 is 0 Å². The van der Waals surface area contributed by atoms with Crippen LogP contribution in [0.5, 0.6) is 0 Å². The average Bonchev–Trinajstić information content (AvgIpc) is 3.42. The van der Waals surface area contributed by atoms with Crippen molar-refractivity contribution in [3.05, 3.63) is 29.3 Å². The molecule has 0 atom stereocenters. The Morgan fingerprint density at radius 1 is 1.24 bits per heavy atom. The van der Waals surface area contributed by atoms with Crippen molar-refractivity contribution in [2.24, 2.45) is 5.92 Å². The van der Waals surface area contributed by atoms with E-state index >= 15 is 0 Å². The topological polar surface area (TPSA) is 39.5 Å². The number of ether oxygens (including phenoxy) is 1. The normalized spacial score (nSPS) is 18.8. The van der Waals surface area contributed by atoms with Gasteiger partial charge in [0.15, 0.2) is 0 Å². The summed E-state index contributed by atoms with van der Waals surface area (Å²) in [7, 11) is 0. The lowest BCUT2D eigenvalue weighted by molar-refractivity contribution is -0.137. The first-order valence-electron chi connectivity index (χ1n) is 8.64. The van der Waals surface area contributed by atoms with Gasteiger partial charge in [-0.05, 0) is 37.0 Å². The highest BCUT2D eigenvalue weighted by Gasteiger charge is 2.34. The molecule has 3 rings (SSSR count). The number of anilines is 1. The van der Waals surface area contributed by atoms with Gasteiger partial charge >= 0.3 is 6.18 Å². The molecule has 1 saturated carbocycles. The van der Waals surface area contributed by atoms with Crippen LogP contribution in [0.25, 0.3) is 0 Å². The Hall–Kier alpha value is -1.78. The van der Waals surface area contributed by atoms with Gasteiger partial charge < -0.3 is 9.64 Å². The molecule has 136 valence electrons. The Kier molecular flexibility index (Phi) is 5.50. The number of halogens is 3. The molecule has 0 spiro atoms. The highest BCUT2D eigenvalue weighted by Crippen LogP contribution is 2.36. The Morgan fingerprint density at radius 2 is 1.96 bits per heavy atom. The number of benzene rings is 1. The molecule has 1 aromatic carbocycles. The van der Waals surface area contributed by atoms with Crippen molar-refractivity contribution < 1.29 is 17.9 Å². The van der Waals surface area contributed by atoms with Crippen LogP contribution in [0.1, 0.15) is 24.0 Å². The largest absolute Gasteiger partial charge is 0.417 e. The number of nitriles is 1. The second-order valence-electron chi connectivity index (χ2n) is 6.68. The summed E-state index contributed by atoms with van der Waals surface area (Å²) >= 11 is 0. The summed E-state index contributed by atoms with van der Waals surface area (Å²) in [6, 6.07) is 5.69. The summed E-state index contributed by atoms with van der Waals surface area (Å²) in [6.07, 6.45) is -2.25. The van der Waals surface area contributed by atoms with E-state index in [0.29, 0.717) is 31.4 Å². The van der Waals surface area contributed by atoms with Crippen LogP contribution in [0, 0.1) is 17.2 Å². The molecule has 7 heteroatoms. The molecule has 0 bridgehead atoms. The van der Waals surface area contributed by atoms with Gasteiger partial charge in [-0.15, -0.1) is 0 Å². The number of rotatable bonds is 6. The van der Waals surface area contributed by atoms with Crippen molar-refractivity contribution in [2.45, 2.75) is 19.0 Å². The summed E-state index contributed by atoms with van der Waals surface area (Å²) in [5.74, 6) is 0.565. The molecule has 2 fully saturated rings. The zero-order chi connectivity index (χ0) is 17.9. The molecule has 1 saturated heterocycles. The Bertz CT molecular complexity index is 631. The molecule has 0 unspecified atom stereocenters. The highest BCUT2D eigenvalue weighted by atomic mass is 19.4. The summed E-state index contributed by atoms with van der Waals surface area (Å²) < 4.78 is 45.0. The monoisotopic (exact) mass is 353 g/mol. The minimum Gasteiger partial charge on any atom is -0.379 e. The van der Waals surface area contributed by atoms with E-state index in [0.717, 1.165) is 45.1 Å². The molecule has 0 amide bonds. The molecule has 25 heavy (non-hydrogen) atoms. The SMILES string of the molecule is N#Cc1ccc(N(CCN2CCOCC2)CC2CC2)cc1C(F)(F)F. The first-order chi connectivity index (χ1) is 12.0. The van der Waals surface area contributed by atoms with Crippen LogP contribution in [0.2, 0.25) is 0 Å². The highest BCUT2D eigenvalue weighted by molar-refractivity contribution is 5.55. The van der Waals surface area contributed by atoms with Crippen molar-refractivity contribution in [1.29, 1.82) is 5.26 Å². The zero-order valence-electron chi connectivity index (χ0n) is 14.1. The predicted molar refractivity (Wildman–Crippen MR) is 88.4 cm³/mol. The summed E-state index contributed by atoms with van der Waals surface area (Å²) in [6.45, 7) is 5.39. The molecule has 0 aromatic heterocycles. The van der Waals surface area contributed by atoms with E-state index in [1.54, 1.807) is 12.1 Å². The third-order valence-electron chi connectivity index (χ3n) is 4.76. The van der Waals surface area contributed by atoms with Gasteiger partial charge in [0.1, 0.15) is 0 Å². The van der Waals surface area contributed by atoms with Crippen molar-refractivity contribution >= 4 is 5.69 Å². The van der Waals surface area contributed by atoms with E-state index < -0.39 is 11.7 Å². The van der Waals surface area contributed by atoms with Crippen LogP contribution in [0.15, 0.2) is 18.2 Å². The van der Waals surface area contributed by atoms with Gasteiger partial charge in [0, 0.05) is 38.4 Å². The number of morpholine rings is 1. The van der Waals surface area contributed by atoms with E-state index in [1.807, 2.05) is 4.90 Å². The Labute approximate surface area is 145 Å². The average molecular weight is 353 g/mol. The van der Waals surface area contributed by atoms with Crippen molar-refractivity contribution in [3.63, 3.8) is 0 Å². The van der Waals surface area contributed by atoms with Gasteiger partial charge in [-0.1, -0.05) is 0 Å². The first-order valence-corrected chi connectivity index (χ1v) is 8.64. The summed E-state index contributed by atoms with van der Waals surface area (Å²) in [5.41, 5.74) is -0.623. The molecular formula is C18H22F3N3O. The van der Waals surface area contributed by atoms with Gasteiger partial charge in [0.2, 0.25) is 0 Å². The molecular weight excluding hydrogens is 331 g/mol. The minimum atomic E-state index is -4.52. The molecule has 0 radical (unpaired) electrons. The van der Waals surface area contributed by atoms with Crippen LogP contribution in [0.3, 0.4) is 0 Å². The third kappa shape index (κ3) is 4.86. The van der Waals surface area contributed by atoms with Crippen molar-refractivity contribution in [2.75, 3.05) is 50.8 Å². The fourth-order valence-corrected chi connectivity index (χ4v) is 3.09. The molecule has 1 aliphatic carbocycles. The maximum Gasteiger partial charge on any atom is 0.417 e. The van der Waals surface area contributed by atoms with E-state index in [4.69, 9.17) is 10.00 Å². The van der Waals surface area contributed by atoms with Crippen LogP contribution < -0.4 is 4.90 Å². The zero-order valence-corrected chi connectivity index (χ0v) is 14.1. The molecule has 0 N–H and O–H groups in total. The number of nitrogens with zero attached hydrogens (tertiary/aromatic N) is 3. The van der Waals surface area contributed by atoms with Gasteiger partial charge in [0.25, 0.3) is 0 Å².